The normalized spacial score (nSPS) is 24.8. The number of ether oxygens (including phenoxy) is 2. The number of aromatic nitrogens is 1. The molecule has 2 unspecified atom stereocenters. The number of pyridine rings is 1. The first kappa shape index (κ1) is 12.5. The van der Waals surface area contributed by atoms with Crippen LogP contribution < -0.4 is 9.64 Å². The molecule has 0 amide bonds. The number of alkyl halides is 1. The van der Waals surface area contributed by atoms with Crippen LogP contribution in [0, 0.1) is 0 Å². The first-order valence-electron chi connectivity index (χ1n) is 5.69. The number of methoxy groups -OCH3 is 1. The lowest BCUT2D eigenvalue weighted by Crippen LogP contribution is -2.47. The molecule has 0 N–H and O–H groups in total. The van der Waals surface area contributed by atoms with Crippen LogP contribution in [0.25, 0.3) is 0 Å². The number of anilines is 1. The average Bonchev–Trinajstić information content (AvgIpc) is 2.38. The molecule has 0 aromatic carbocycles. The minimum Gasteiger partial charge on any atom is -0.495 e. The Hall–Kier alpha value is -1.00. The van der Waals surface area contributed by atoms with Crippen molar-refractivity contribution in [2.75, 3.05) is 31.0 Å². The van der Waals surface area contributed by atoms with E-state index in [1.807, 2.05) is 12.1 Å². The molecule has 0 radical (unpaired) electrons. The van der Waals surface area contributed by atoms with Crippen LogP contribution in [0.1, 0.15) is 6.92 Å². The van der Waals surface area contributed by atoms with Crippen molar-refractivity contribution in [2.45, 2.75) is 19.1 Å². The fraction of sp³-hybridized carbons (Fsp3) is 0.583. The van der Waals surface area contributed by atoms with E-state index in [1.165, 1.54) is 0 Å². The van der Waals surface area contributed by atoms with Crippen molar-refractivity contribution in [2.24, 2.45) is 0 Å². The van der Waals surface area contributed by atoms with Crippen LogP contribution in [-0.2, 0) is 4.74 Å². The Kier molecular flexibility index (Phi) is 4.07. The highest BCUT2D eigenvalue weighted by molar-refractivity contribution is 6.18. The number of nitrogens with zero attached hydrogens (tertiary/aromatic N) is 2. The maximum absolute atomic E-state index is 5.85. The maximum atomic E-state index is 5.85. The molecule has 5 heteroatoms. The molecule has 0 saturated carbocycles. The van der Waals surface area contributed by atoms with Crippen molar-refractivity contribution < 1.29 is 9.47 Å². The summed E-state index contributed by atoms with van der Waals surface area (Å²) in [6.45, 7) is 3.68. The summed E-state index contributed by atoms with van der Waals surface area (Å²) in [5.74, 6) is 2.22. The van der Waals surface area contributed by atoms with Crippen LogP contribution in [0.2, 0.25) is 0 Å². The molecule has 4 nitrogen and oxygen atoms in total. The molecule has 0 aliphatic carbocycles. The van der Waals surface area contributed by atoms with Gasteiger partial charge in [0.2, 0.25) is 0 Å². The van der Waals surface area contributed by atoms with Crippen LogP contribution in [0.4, 0.5) is 5.82 Å². The molecule has 0 spiro atoms. The fourth-order valence-corrected chi connectivity index (χ4v) is 2.17. The molecule has 94 valence electrons. The Bertz CT molecular complexity index is 358. The standard InChI is InChI=1S/C12H17ClN2O2/c1-9-7-15(8-11(5-13)17-9)12-4-3-10(16-2)6-14-12/h3-4,6,9,11H,5,7-8H2,1-2H3. The summed E-state index contributed by atoms with van der Waals surface area (Å²) in [6.07, 6.45) is 1.98. The van der Waals surface area contributed by atoms with Crippen molar-refractivity contribution in [1.82, 2.24) is 4.98 Å². The topological polar surface area (TPSA) is 34.6 Å². The number of morpholine rings is 1. The zero-order chi connectivity index (χ0) is 12.3. The Balaban J connectivity index is 2.09. The van der Waals surface area contributed by atoms with Crippen LogP contribution in [0.5, 0.6) is 5.75 Å². The second kappa shape index (κ2) is 5.56. The Morgan fingerprint density at radius 2 is 2.35 bits per heavy atom. The molecule has 1 fully saturated rings. The average molecular weight is 257 g/mol. The third-order valence-electron chi connectivity index (χ3n) is 2.78. The largest absolute Gasteiger partial charge is 0.495 e. The first-order valence-corrected chi connectivity index (χ1v) is 6.22. The van der Waals surface area contributed by atoms with E-state index in [2.05, 4.69) is 16.8 Å². The van der Waals surface area contributed by atoms with Gasteiger partial charge in [0, 0.05) is 13.1 Å². The number of rotatable bonds is 3. The van der Waals surface area contributed by atoms with E-state index >= 15 is 0 Å². The second-order valence-electron chi connectivity index (χ2n) is 4.18. The van der Waals surface area contributed by atoms with E-state index < -0.39 is 0 Å². The smallest absolute Gasteiger partial charge is 0.137 e. The van der Waals surface area contributed by atoms with Crippen molar-refractivity contribution in [1.29, 1.82) is 0 Å². The molecule has 1 aliphatic heterocycles. The van der Waals surface area contributed by atoms with Gasteiger partial charge < -0.3 is 14.4 Å². The van der Waals surface area contributed by atoms with E-state index in [1.54, 1.807) is 13.3 Å². The summed E-state index contributed by atoms with van der Waals surface area (Å²) < 4.78 is 10.8. The van der Waals surface area contributed by atoms with Gasteiger partial charge in [0.15, 0.2) is 0 Å². The van der Waals surface area contributed by atoms with Gasteiger partial charge in [-0.2, -0.15) is 0 Å². The summed E-state index contributed by atoms with van der Waals surface area (Å²) in [4.78, 5) is 6.57. The van der Waals surface area contributed by atoms with Crippen LogP contribution in [0.15, 0.2) is 18.3 Å². The maximum Gasteiger partial charge on any atom is 0.137 e. The minimum absolute atomic E-state index is 0.0734. The second-order valence-corrected chi connectivity index (χ2v) is 4.49. The van der Waals surface area contributed by atoms with Crippen molar-refractivity contribution in [3.05, 3.63) is 18.3 Å². The van der Waals surface area contributed by atoms with Gasteiger partial charge in [-0.1, -0.05) is 0 Å². The predicted molar refractivity (Wildman–Crippen MR) is 68.1 cm³/mol. The summed E-state index contributed by atoms with van der Waals surface area (Å²) in [5.41, 5.74) is 0. The summed E-state index contributed by atoms with van der Waals surface area (Å²) in [7, 11) is 1.64. The summed E-state index contributed by atoms with van der Waals surface area (Å²) in [5, 5.41) is 0. The summed E-state index contributed by atoms with van der Waals surface area (Å²) >= 11 is 5.85. The molecular weight excluding hydrogens is 240 g/mol. The van der Waals surface area contributed by atoms with E-state index in [-0.39, 0.29) is 12.2 Å². The number of hydrogen-bond donors (Lipinski definition) is 0. The third-order valence-corrected chi connectivity index (χ3v) is 3.12. The SMILES string of the molecule is COc1ccc(N2CC(C)OC(CCl)C2)nc1. The van der Waals surface area contributed by atoms with Crippen molar-refractivity contribution in [3.8, 4) is 5.75 Å². The highest BCUT2D eigenvalue weighted by Gasteiger charge is 2.25. The molecule has 1 aromatic heterocycles. The van der Waals surface area contributed by atoms with Crippen molar-refractivity contribution >= 4 is 17.4 Å². The van der Waals surface area contributed by atoms with Crippen LogP contribution in [-0.4, -0.2) is 43.3 Å². The molecule has 2 rings (SSSR count). The Morgan fingerprint density at radius 3 is 2.94 bits per heavy atom. The van der Waals surface area contributed by atoms with E-state index in [9.17, 15) is 0 Å². The van der Waals surface area contributed by atoms with Crippen molar-refractivity contribution in [3.63, 3.8) is 0 Å². The van der Waals surface area contributed by atoms with Gasteiger partial charge >= 0.3 is 0 Å². The third kappa shape index (κ3) is 3.01. The van der Waals surface area contributed by atoms with Crippen LogP contribution in [0.3, 0.4) is 0 Å². The van der Waals surface area contributed by atoms with E-state index in [4.69, 9.17) is 21.1 Å². The quantitative estimate of drug-likeness (QED) is 0.774. The molecule has 2 heterocycles. The predicted octanol–water partition coefficient (Wildman–Crippen LogP) is 1.92. The summed E-state index contributed by atoms with van der Waals surface area (Å²) in [6, 6.07) is 3.88. The highest BCUT2D eigenvalue weighted by atomic mass is 35.5. The zero-order valence-electron chi connectivity index (χ0n) is 10.1. The molecule has 2 atom stereocenters. The highest BCUT2D eigenvalue weighted by Crippen LogP contribution is 2.20. The Labute approximate surface area is 106 Å². The number of halogens is 1. The van der Waals surface area contributed by atoms with Gasteiger partial charge in [-0.25, -0.2) is 4.98 Å². The molecule has 0 bridgehead atoms. The molecule has 1 aromatic rings. The van der Waals surface area contributed by atoms with E-state index in [0.29, 0.717) is 5.88 Å². The number of hydrogen-bond acceptors (Lipinski definition) is 4. The molecule has 1 saturated heterocycles. The van der Waals surface area contributed by atoms with Gasteiger partial charge in [0.05, 0.1) is 31.4 Å². The van der Waals surface area contributed by atoms with Gasteiger partial charge in [0.1, 0.15) is 11.6 Å². The first-order chi connectivity index (χ1) is 8.22. The lowest BCUT2D eigenvalue weighted by atomic mass is 10.2. The lowest BCUT2D eigenvalue weighted by Gasteiger charge is -2.36. The van der Waals surface area contributed by atoms with Gasteiger partial charge in [-0.15, -0.1) is 11.6 Å². The van der Waals surface area contributed by atoms with Gasteiger partial charge in [-0.05, 0) is 19.1 Å². The molecule has 17 heavy (non-hydrogen) atoms. The van der Waals surface area contributed by atoms with Gasteiger partial charge in [0.25, 0.3) is 0 Å². The Morgan fingerprint density at radius 1 is 1.53 bits per heavy atom. The molecule has 1 aliphatic rings. The van der Waals surface area contributed by atoms with E-state index in [0.717, 1.165) is 24.7 Å². The lowest BCUT2D eigenvalue weighted by molar-refractivity contribution is -0.00357. The monoisotopic (exact) mass is 256 g/mol. The zero-order valence-corrected chi connectivity index (χ0v) is 10.9. The fourth-order valence-electron chi connectivity index (χ4n) is 2.00. The van der Waals surface area contributed by atoms with Crippen LogP contribution >= 0.6 is 11.6 Å². The van der Waals surface area contributed by atoms with Gasteiger partial charge in [-0.3, -0.25) is 0 Å². The molecular formula is C12H17ClN2O2. The minimum atomic E-state index is 0.0734.